The summed E-state index contributed by atoms with van der Waals surface area (Å²) in [5, 5.41) is 0. The van der Waals surface area contributed by atoms with Crippen LogP contribution in [0.15, 0.2) is 12.4 Å². The highest BCUT2D eigenvalue weighted by atomic mass is 16.5. The molecule has 0 amide bonds. The van der Waals surface area contributed by atoms with Gasteiger partial charge >= 0.3 is 0 Å². The fourth-order valence-electron chi connectivity index (χ4n) is 3.30. The van der Waals surface area contributed by atoms with E-state index in [2.05, 4.69) is 35.7 Å². The van der Waals surface area contributed by atoms with Crippen LogP contribution in [0.2, 0.25) is 0 Å². The van der Waals surface area contributed by atoms with Gasteiger partial charge in [-0.1, -0.05) is 6.92 Å². The molecule has 0 bridgehead atoms. The summed E-state index contributed by atoms with van der Waals surface area (Å²) in [5.41, 5.74) is 2.99. The highest BCUT2D eigenvalue weighted by Gasteiger charge is 2.41. The van der Waals surface area contributed by atoms with Crippen LogP contribution < -0.4 is 11.3 Å². The van der Waals surface area contributed by atoms with Crippen molar-refractivity contribution in [3.05, 3.63) is 18.2 Å². The number of nitrogens with one attached hydrogen (secondary N) is 1. The Morgan fingerprint density at radius 3 is 2.63 bits per heavy atom. The van der Waals surface area contributed by atoms with Crippen LogP contribution >= 0.6 is 0 Å². The summed E-state index contributed by atoms with van der Waals surface area (Å²) in [7, 11) is 2.03. The molecule has 1 aliphatic heterocycles. The molecule has 0 spiro atoms. The minimum atomic E-state index is 0.257. The Labute approximate surface area is 115 Å². The van der Waals surface area contributed by atoms with Crippen LogP contribution in [0.4, 0.5) is 0 Å². The highest BCUT2D eigenvalue weighted by Crippen LogP contribution is 2.35. The third kappa shape index (κ3) is 2.99. The minimum Gasteiger partial charge on any atom is -0.375 e. The average molecular weight is 266 g/mol. The van der Waals surface area contributed by atoms with Gasteiger partial charge in [0.2, 0.25) is 0 Å². The van der Waals surface area contributed by atoms with E-state index >= 15 is 0 Å². The Balaban J connectivity index is 1.98. The molecule has 1 aromatic heterocycles. The maximum atomic E-state index is 5.91. The summed E-state index contributed by atoms with van der Waals surface area (Å²) < 4.78 is 7.98. The lowest BCUT2D eigenvalue weighted by Crippen LogP contribution is -2.45. The first-order chi connectivity index (χ1) is 9.04. The largest absolute Gasteiger partial charge is 0.375 e. The van der Waals surface area contributed by atoms with E-state index in [0.29, 0.717) is 17.9 Å². The average Bonchev–Trinajstić information content (AvgIpc) is 2.88. The van der Waals surface area contributed by atoms with Crippen LogP contribution in [0, 0.1) is 11.8 Å². The zero-order chi connectivity index (χ0) is 14.0. The van der Waals surface area contributed by atoms with E-state index in [4.69, 9.17) is 10.6 Å². The molecular formula is C14H26N4O. The number of hydrogen-bond donors (Lipinski definition) is 2. The van der Waals surface area contributed by atoms with E-state index in [0.717, 1.165) is 18.7 Å². The zero-order valence-corrected chi connectivity index (χ0v) is 12.3. The normalized spacial score (nSPS) is 32.7. The molecule has 3 N–H and O–H groups in total. The number of imidazole rings is 1. The van der Waals surface area contributed by atoms with Crippen LogP contribution in [-0.2, 0) is 18.2 Å². The van der Waals surface area contributed by atoms with Crippen molar-refractivity contribution in [3.63, 3.8) is 0 Å². The molecule has 1 aliphatic rings. The van der Waals surface area contributed by atoms with E-state index in [9.17, 15) is 0 Å². The van der Waals surface area contributed by atoms with Crippen LogP contribution in [0.25, 0.3) is 0 Å². The lowest BCUT2D eigenvalue weighted by atomic mass is 9.82. The molecule has 0 saturated carbocycles. The third-order valence-electron chi connectivity index (χ3n) is 4.60. The second-order valence-electron chi connectivity index (χ2n) is 5.75. The number of hydrogen-bond acceptors (Lipinski definition) is 4. The van der Waals surface area contributed by atoms with Crippen LogP contribution in [-0.4, -0.2) is 27.8 Å². The van der Waals surface area contributed by atoms with E-state index in [1.54, 1.807) is 0 Å². The number of nitrogens with zero attached hydrogens (tertiary/aromatic N) is 2. The van der Waals surface area contributed by atoms with Crippen LogP contribution in [0.5, 0.6) is 0 Å². The predicted octanol–water partition coefficient (Wildman–Crippen LogP) is 1.24. The standard InChI is InChI=1S/C14H26N4O/c1-9-10(2)19-11(3)14(9)12(17-15)5-6-13-16-7-8-18(13)4/h7-12,14,17H,5-6,15H2,1-4H3. The molecule has 1 aromatic rings. The molecule has 0 aliphatic carbocycles. The molecule has 108 valence electrons. The molecule has 5 atom stereocenters. The van der Waals surface area contributed by atoms with Gasteiger partial charge in [-0.2, -0.15) is 0 Å². The van der Waals surface area contributed by atoms with Crippen molar-refractivity contribution in [2.45, 2.75) is 51.9 Å². The topological polar surface area (TPSA) is 65.1 Å². The van der Waals surface area contributed by atoms with Gasteiger partial charge in [-0.15, -0.1) is 0 Å². The number of rotatable bonds is 5. The Kier molecular flexibility index (Phi) is 4.60. The quantitative estimate of drug-likeness (QED) is 0.622. The summed E-state index contributed by atoms with van der Waals surface area (Å²) in [6.07, 6.45) is 6.30. The minimum absolute atomic E-state index is 0.257. The molecule has 5 unspecified atom stereocenters. The summed E-state index contributed by atoms with van der Waals surface area (Å²) in [4.78, 5) is 4.36. The third-order valence-corrected chi connectivity index (χ3v) is 4.60. The van der Waals surface area contributed by atoms with Crippen molar-refractivity contribution in [1.82, 2.24) is 15.0 Å². The molecule has 2 rings (SSSR count). The summed E-state index contributed by atoms with van der Waals surface area (Å²) in [6, 6.07) is 0.270. The first-order valence-corrected chi connectivity index (χ1v) is 7.12. The maximum absolute atomic E-state index is 5.91. The van der Waals surface area contributed by atoms with Crippen molar-refractivity contribution >= 4 is 0 Å². The van der Waals surface area contributed by atoms with Gasteiger partial charge in [-0.25, -0.2) is 4.98 Å². The molecule has 1 saturated heterocycles. The van der Waals surface area contributed by atoms with Crippen molar-refractivity contribution in [2.24, 2.45) is 24.7 Å². The van der Waals surface area contributed by atoms with Gasteiger partial charge in [-0.3, -0.25) is 11.3 Å². The smallest absolute Gasteiger partial charge is 0.108 e. The monoisotopic (exact) mass is 266 g/mol. The number of ether oxygens (including phenoxy) is 1. The first-order valence-electron chi connectivity index (χ1n) is 7.12. The van der Waals surface area contributed by atoms with Crippen molar-refractivity contribution in [2.75, 3.05) is 0 Å². The summed E-state index contributed by atoms with van der Waals surface area (Å²) >= 11 is 0. The van der Waals surface area contributed by atoms with Gasteiger partial charge in [0, 0.05) is 37.8 Å². The zero-order valence-electron chi connectivity index (χ0n) is 12.3. The molecule has 0 radical (unpaired) electrons. The predicted molar refractivity (Wildman–Crippen MR) is 75.3 cm³/mol. The van der Waals surface area contributed by atoms with E-state index in [1.165, 1.54) is 0 Å². The van der Waals surface area contributed by atoms with Crippen molar-refractivity contribution in [1.29, 1.82) is 0 Å². The Morgan fingerprint density at radius 2 is 2.16 bits per heavy atom. The molecule has 0 aromatic carbocycles. The van der Waals surface area contributed by atoms with Gasteiger partial charge in [0.05, 0.1) is 12.2 Å². The Bertz CT molecular complexity index is 406. The van der Waals surface area contributed by atoms with Crippen LogP contribution in [0.1, 0.15) is 33.0 Å². The van der Waals surface area contributed by atoms with Gasteiger partial charge in [0.1, 0.15) is 5.82 Å². The fraction of sp³-hybridized carbons (Fsp3) is 0.786. The lowest BCUT2D eigenvalue weighted by molar-refractivity contribution is 0.0472. The number of aryl methyl sites for hydroxylation is 2. The number of hydrazine groups is 1. The van der Waals surface area contributed by atoms with Gasteiger partial charge in [-0.05, 0) is 26.2 Å². The van der Waals surface area contributed by atoms with Crippen LogP contribution in [0.3, 0.4) is 0 Å². The van der Waals surface area contributed by atoms with Gasteiger partial charge in [0.15, 0.2) is 0 Å². The fourth-order valence-corrected chi connectivity index (χ4v) is 3.30. The van der Waals surface area contributed by atoms with Crippen molar-refractivity contribution in [3.8, 4) is 0 Å². The molecular weight excluding hydrogens is 240 g/mol. The highest BCUT2D eigenvalue weighted by molar-refractivity contribution is 4.95. The Hall–Kier alpha value is -0.910. The van der Waals surface area contributed by atoms with E-state index in [-0.39, 0.29) is 12.1 Å². The summed E-state index contributed by atoms with van der Waals surface area (Å²) in [6.45, 7) is 6.55. The maximum Gasteiger partial charge on any atom is 0.108 e. The molecule has 5 nitrogen and oxygen atoms in total. The SMILES string of the molecule is CC1OC(C)C(C(CCc2nccn2C)NN)C1C. The number of nitrogens with two attached hydrogens (primary N) is 1. The van der Waals surface area contributed by atoms with E-state index in [1.807, 2.05) is 19.4 Å². The number of aromatic nitrogens is 2. The lowest BCUT2D eigenvalue weighted by Gasteiger charge is -2.28. The first kappa shape index (κ1) is 14.5. The molecule has 1 fully saturated rings. The Morgan fingerprint density at radius 1 is 1.42 bits per heavy atom. The molecule has 19 heavy (non-hydrogen) atoms. The molecule has 2 heterocycles. The summed E-state index contributed by atoms with van der Waals surface area (Å²) in [5.74, 6) is 7.86. The second kappa shape index (κ2) is 6.03. The van der Waals surface area contributed by atoms with E-state index < -0.39 is 0 Å². The van der Waals surface area contributed by atoms with Gasteiger partial charge in [0.25, 0.3) is 0 Å². The van der Waals surface area contributed by atoms with Crippen molar-refractivity contribution < 1.29 is 4.74 Å². The molecule has 5 heteroatoms. The van der Waals surface area contributed by atoms with Gasteiger partial charge < -0.3 is 9.30 Å². The second-order valence-corrected chi connectivity index (χ2v) is 5.75.